The van der Waals surface area contributed by atoms with Gasteiger partial charge in [-0.3, -0.25) is 0 Å². The largest absolute Gasteiger partial charge is 0.445 e. The van der Waals surface area contributed by atoms with Crippen LogP contribution in [0.1, 0.15) is 124 Å². The van der Waals surface area contributed by atoms with E-state index in [2.05, 4.69) is 60.4 Å². The van der Waals surface area contributed by atoms with Crippen molar-refractivity contribution in [3.05, 3.63) is 95.6 Å². The van der Waals surface area contributed by atoms with Gasteiger partial charge in [0, 0.05) is 44.9 Å². The van der Waals surface area contributed by atoms with E-state index in [-0.39, 0.29) is 43.2 Å². The summed E-state index contributed by atoms with van der Waals surface area (Å²) in [5, 5.41) is 15.1. The maximum Gasteiger partial charge on any atom is 0.407 e. The molecule has 0 saturated carbocycles. The number of benzene rings is 2. The molecule has 0 radical (unpaired) electrons. The summed E-state index contributed by atoms with van der Waals surface area (Å²) < 4.78 is 28.2. The number of unbranched alkanes of at least 4 members (excludes halogenated alkanes) is 1. The molecular weight excluding hydrogens is 853 g/mol. The summed E-state index contributed by atoms with van der Waals surface area (Å²) in [6, 6.07) is 18.7. The Bertz CT molecular complexity index is 1800. The molecule has 2 aromatic rings. The van der Waals surface area contributed by atoms with Crippen LogP contribution in [-0.4, -0.2) is 93.6 Å². The van der Waals surface area contributed by atoms with Crippen LogP contribution in [0.5, 0.6) is 0 Å². The fourth-order valence-corrected chi connectivity index (χ4v) is 7.26. The lowest BCUT2D eigenvalue weighted by Crippen LogP contribution is -2.43. The number of nitrogens with two attached hydrogens (primary N) is 1. The van der Waals surface area contributed by atoms with Crippen LogP contribution in [0.15, 0.2) is 84.5 Å². The third-order valence-electron chi connectivity index (χ3n) is 11.7. The second kappa shape index (κ2) is 30.3. The van der Waals surface area contributed by atoms with Gasteiger partial charge in [-0.2, -0.15) is 0 Å². The number of nitrogens with one attached hydrogen (secondary N) is 5. The molecule has 3 unspecified atom stereocenters. The zero-order valence-electron chi connectivity index (χ0n) is 41.4. The van der Waals surface area contributed by atoms with Crippen molar-refractivity contribution in [3.63, 3.8) is 0 Å². The first-order valence-corrected chi connectivity index (χ1v) is 24.1. The van der Waals surface area contributed by atoms with Crippen molar-refractivity contribution in [2.24, 2.45) is 17.1 Å². The number of carbonyl (C=O) groups excluding carboxylic acids is 4. The predicted molar refractivity (Wildman–Crippen MR) is 263 cm³/mol. The molecule has 1 aliphatic carbocycles. The topological polar surface area (TPSA) is 201 Å². The minimum atomic E-state index is -0.563. The van der Waals surface area contributed by atoms with Crippen LogP contribution in [0.2, 0.25) is 0 Å². The van der Waals surface area contributed by atoms with Gasteiger partial charge in [-0.25, -0.2) is 19.2 Å². The Morgan fingerprint density at radius 3 is 1.84 bits per heavy atom. The average molecular weight is 935 g/mol. The summed E-state index contributed by atoms with van der Waals surface area (Å²) in [6.45, 7) is 17.6. The predicted octanol–water partition coefficient (Wildman–Crippen LogP) is 9.21. The van der Waals surface area contributed by atoms with E-state index >= 15 is 0 Å². The van der Waals surface area contributed by atoms with Crippen molar-refractivity contribution >= 4 is 24.4 Å². The molecule has 374 valence electrons. The van der Waals surface area contributed by atoms with Crippen LogP contribution in [-0.2, 0) is 36.9 Å². The highest BCUT2D eigenvalue weighted by molar-refractivity contribution is 5.68. The Morgan fingerprint density at radius 2 is 1.25 bits per heavy atom. The van der Waals surface area contributed by atoms with E-state index in [1.807, 2.05) is 93.6 Å². The van der Waals surface area contributed by atoms with Crippen LogP contribution in [0.25, 0.3) is 0 Å². The van der Waals surface area contributed by atoms with Crippen molar-refractivity contribution in [1.82, 2.24) is 26.6 Å². The molecule has 2 aromatic carbocycles. The zero-order valence-corrected chi connectivity index (χ0v) is 41.4. The first kappa shape index (κ1) is 56.2. The quantitative estimate of drug-likeness (QED) is 0.0322. The maximum atomic E-state index is 12.8. The number of alkyl carbamates (subject to hydrolysis) is 4. The molecular formula is C52H82N6O9. The van der Waals surface area contributed by atoms with Crippen molar-refractivity contribution in [2.45, 2.75) is 149 Å². The molecule has 0 heterocycles. The smallest absolute Gasteiger partial charge is 0.407 e. The van der Waals surface area contributed by atoms with Crippen molar-refractivity contribution in [2.75, 3.05) is 45.9 Å². The molecule has 67 heavy (non-hydrogen) atoms. The molecule has 0 aliphatic heterocycles. The molecule has 3 rings (SSSR count). The van der Waals surface area contributed by atoms with Crippen LogP contribution in [0.3, 0.4) is 0 Å². The second-order valence-electron chi connectivity index (χ2n) is 19.7. The molecule has 15 nitrogen and oxygen atoms in total. The van der Waals surface area contributed by atoms with Gasteiger partial charge in [0.05, 0.1) is 5.60 Å². The first-order chi connectivity index (χ1) is 31.9. The molecule has 1 aliphatic rings. The third kappa shape index (κ3) is 26.7. The minimum Gasteiger partial charge on any atom is -0.445 e. The highest BCUT2D eigenvalue weighted by Gasteiger charge is 2.30. The summed E-state index contributed by atoms with van der Waals surface area (Å²) in [5.41, 5.74) is 8.60. The fraction of sp³-hybridized carbons (Fsp3) is 0.615. The van der Waals surface area contributed by atoms with Crippen LogP contribution >= 0.6 is 0 Å². The Morgan fingerprint density at radius 1 is 0.672 bits per heavy atom. The SMILES string of the molecule is CC(C)(C)OC(=O)NCCCCC(CNCCC(C)(C)OCCC(C)(C)C(N)CC(CCNC(=O)OCC1=CC=CCC1)CCNC(=O)OCc1ccccc1)NC(=O)OCc1ccccc1. The molecule has 0 fully saturated rings. The lowest BCUT2D eigenvalue weighted by Gasteiger charge is -2.35. The molecule has 0 saturated heterocycles. The molecule has 4 amide bonds. The first-order valence-electron chi connectivity index (χ1n) is 24.1. The van der Waals surface area contributed by atoms with Crippen molar-refractivity contribution < 1.29 is 42.9 Å². The average Bonchev–Trinajstić information content (AvgIpc) is 3.28. The van der Waals surface area contributed by atoms with Crippen LogP contribution < -0.4 is 32.3 Å². The number of amides is 4. The van der Waals surface area contributed by atoms with Gasteiger partial charge in [0.25, 0.3) is 0 Å². The van der Waals surface area contributed by atoms with E-state index in [1.54, 1.807) is 0 Å². The normalized spacial score (nSPS) is 14.2. The number of carbonyl (C=O) groups is 4. The fourth-order valence-electron chi connectivity index (χ4n) is 7.26. The Balaban J connectivity index is 1.45. The van der Waals surface area contributed by atoms with Gasteiger partial charge >= 0.3 is 24.4 Å². The minimum absolute atomic E-state index is 0.108. The molecule has 3 atom stereocenters. The highest BCUT2D eigenvalue weighted by Crippen LogP contribution is 2.31. The van der Waals surface area contributed by atoms with Gasteiger partial charge in [0.15, 0.2) is 0 Å². The van der Waals surface area contributed by atoms with E-state index in [1.165, 1.54) is 0 Å². The highest BCUT2D eigenvalue weighted by atomic mass is 16.6. The van der Waals surface area contributed by atoms with E-state index in [4.69, 9.17) is 29.4 Å². The Kier molecular flexibility index (Phi) is 25.4. The van der Waals surface area contributed by atoms with Gasteiger partial charge < -0.3 is 56.0 Å². The van der Waals surface area contributed by atoms with Gasteiger partial charge in [-0.15, -0.1) is 0 Å². The monoisotopic (exact) mass is 935 g/mol. The number of hydrogen-bond acceptors (Lipinski definition) is 11. The molecule has 7 N–H and O–H groups in total. The zero-order chi connectivity index (χ0) is 49.0. The molecule has 15 heteroatoms. The summed E-state index contributed by atoms with van der Waals surface area (Å²) >= 11 is 0. The Labute approximate surface area is 400 Å². The number of hydrogen-bond donors (Lipinski definition) is 6. The van der Waals surface area contributed by atoms with E-state index in [9.17, 15) is 19.2 Å². The number of allylic oxidation sites excluding steroid dienone is 3. The lowest BCUT2D eigenvalue weighted by molar-refractivity contribution is -0.0364. The summed E-state index contributed by atoms with van der Waals surface area (Å²) in [5.74, 6) is 0.108. The van der Waals surface area contributed by atoms with Gasteiger partial charge in [0.2, 0.25) is 0 Å². The lowest BCUT2D eigenvalue weighted by atomic mass is 9.76. The van der Waals surface area contributed by atoms with Gasteiger partial charge in [-0.1, -0.05) is 92.7 Å². The van der Waals surface area contributed by atoms with Crippen LogP contribution in [0, 0.1) is 11.3 Å². The summed E-state index contributed by atoms with van der Waals surface area (Å²) in [4.78, 5) is 49.9. The van der Waals surface area contributed by atoms with Gasteiger partial charge in [-0.05, 0) is 133 Å². The molecule has 0 aromatic heterocycles. The van der Waals surface area contributed by atoms with Gasteiger partial charge in [0.1, 0.15) is 25.4 Å². The van der Waals surface area contributed by atoms with E-state index in [0.29, 0.717) is 65.0 Å². The second-order valence-corrected chi connectivity index (χ2v) is 19.7. The number of rotatable bonds is 30. The summed E-state index contributed by atoms with van der Waals surface area (Å²) in [7, 11) is 0. The third-order valence-corrected chi connectivity index (χ3v) is 11.7. The standard InChI is InChI=1S/C52H82N6O9/c1-50(2,3)67-48(61)55-30-18-17-25-44(58-49(62)65-39-43-23-15-10-16-24-43)36-54-33-28-52(6,7)66-34-29-51(4,5)45(53)35-40(26-31-56-46(59)63-37-41-19-11-8-12-20-41)27-32-57-47(60)64-38-42-21-13-9-14-22-42/h8-13,15-16,19-21,23-24,40,44-45,54H,14,17-18,22,25-39,53H2,1-7H3,(H,55,61)(H,56,59)(H,57,60)(H,58,62). The Hall–Kier alpha value is -5.12. The van der Waals surface area contributed by atoms with E-state index < -0.39 is 35.6 Å². The summed E-state index contributed by atoms with van der Waals surface area (Å²) in [6.07, 6.45) is 11.7. The van der Waals surface area contributed by atoms with Crippen molar-refractivity contribution in [3.8, 4) is 0 Å². The molecule has 0 spiro atoms. The van der Waals surface area contributed by atoms with E-state index in [0.717, 1.165) is 55.2 Å². The van der Waals surface area contributed by atoms with Crippen molar-refractivity contribution in [1.29, 1.82) is 0 Å². The molecule has 0 bridgehead atoms. The maximum absolute atomic E-state index is 12.8. The number of ether oxygens (including phenoxy) is 5. The van der Waals surface area contributed by atoms with Crippen LogP contribution in [0.4, 0.5) is 19.2 Å².